The molecule has 0 radical (unpaired) electrons. The fraction of sp³-hybridized carbons (Fsp3) is 0.611. The van der Waals surface area contributed by atoms with E-state index in [1.54, 1.807) is 12.1 Å². The summed E-state index contributed by atoms with van der Waals surface area (Å²) >= 11 is 0. The molecule has 4 nitrogen and oxygen atoms in total. The Morgan fingerprint density at radius 1 is 1.22 bits per heavy atom. The first kappa shape index (κ1) is 17.7. The van der Waals surface area contributed by atoms with E-state index < -0.39 is 0 Å². The van der Waals surface area contributed by atoms with E-state index in [0.29, 0.717) is 5.92 Å². The van der Waals surface area contributed by atoms with Gasteiger partial charge in [-0.15, -0.1) is 0 Å². The summed E-state index contributed by atoms with van der Waals surface area (Å²) in [6.07, 6.45) is 1.98. The number of rotatable bonds is 5. The Hall–Kier alpha value is -1.62. The zero-order valence-corrected chi connectivity index (χ0v) is 14.3. The van der Waals surface area contributed by atoms with E-state index in [0.717, 1.165) is 38.0 Å². The first-order chi connectivity index (χ1) is 10.9. The second kappa shape index (κ2) is 8.29. The number of urea groups is 1. The van der Waals surface area contributed by atoms with Crippen LogP contribution in [0.2, 0.25) is 0 Å². The Morgan fingerprint density at radius 2 is 1.83 bits per heavy atom. The van der Waals surface area contributed by atoms with E-state index in [1.807, 2.05) is 6.92 Å². The minimum atomic E-state index is -0.265. The van der Waals surface area contributed by atoms with Gasteiger partial charge in [0.2, 0.25) is 0 Å². The molecule has 0 spiro atoms. The van der Waals surface area contributed by atoms with Crippen molar-refractivity contribution in [2.45, 2.75) is 45.7 Å². The van der Waals surface area contributed by atoms with E-state index in [4.69, 9.17) is 0 Å². The lowest BCUT2D eigenvalue weighted by atomic mass is 10.0. The van der Waals surface area contributed by atoms with Crippen molar-refractivity contribution in [1.29, 1.82) is 0 Å². The topological polar surface area (TPSA) is 44.4 Å². The molecule has 0 saturated carbocycles. The van der Waals surface area contributed by atoms with Crippen molar-refractivity contribution in [3.05, 3.63) is 35.6 Å². The van der Waals surface area contributed by atoms with E-state index in [1.165, 1.54) is 12.1 Å². The van der Waals surface area contributed by atoms with E-state index in [2.05, 4.69) is 29.4 Å². The Balaban J connectivity index is 1.74. The summed E-state index contributed by atoms with van der Waals surface area (Å²) in [5, 5.41) is 5.97. The fourth-order valence-electron chi connectivity index (χ4n) is 3.03. The summed E-state index contributed by atoms with van der Waals surface area (Å²) in [5.41, 5.74) is 0.897. The van der Waals surface area contributed by atoms with Gasteiger partial charge < -0.3 is 15.5 Å². The zero-order valence-electron chi connectivity index (χ0n) is 14.3. The van der Waals surface area contributed by atoms with Gasteiger partial charge in [-0.3, -0.25) is 0 Å². The zero-order chi connectivity index (χ0) is 16.8. The Labute approximate surface area is 138 Å². The number of benzene rings is 1. The molecule has 1 saturated heterocycles. The van der Waals surface area contributed by atoms with Gasteiger partial charge in [-0.05, 0) is 43.4 Å². The SMILES string of the molecule is CC(C)CN1CCC(NC(=O)NC(C)c2ccc(F)cc2)CC1. The molecular formula is C18H28FN3O. The smallest absolute Gasteiger partial charge is 0.315 e. The maximum absolute atomic E-state index is 12.9. The Kier molecular flexibility index (Phi) is 6.39. The van der Waals surface area contributed by atoms with Crippen molar-refractivity contribution < 1.29 is 9.18 Å². The van der Waals surface area contributed by atoms with Crippen molar-refractivity contribution in [1.82, 2.24) is 15.5 Å². The van der Waals surface area contributed by atoms with Crippen LogP contribution in [0, 0.1) is 11.7 Å². The second-order valence-corrected chi connectivity index (χ2v) is 6.86. The Bertz CT molecular complexity index is 495. The maximum atomic E-state index is 12.9. The van der Waals surface area contributed by atoms with Crippen molar-refractivity contribution in [3.8, 4) is 0 Å². The van der Waals surface area contributed by atoms with E-state index >= 15 is 0 Å². The summed E-state index contributed by atoms with van der Waals surface area (Å²) in [6.45, 7) is 9.56. The second-order valence-electron chi connectivity index (χ2n) is 6.86. The molecule has 128 valence electrons. The van der Waals surface area contributed by atoms with Crippen LogP contribution >= 0.6 is 0 Å². The van der Waals surface area contributed by atoms with Gasteiger partial charge in [0.1, 0.15) is 5.82 Å². The van der Waals surface area contributed by atoms with Crippen LogP contribution in [0.15, 0.2) is 24.3 Å². The third-order valence-corrected chi connectivity index (χ3v) is 4.26. The molecule has 1 aromatic carbocycles. The highest BCUT2D eigenvalue weighted by molar-refractivity contribution is 5.74. The molecule has 5 heteroatoms. The quantitative estimate of drug-likeness (QED) is 0.874. The Morgan fingerprint density at radius 3 is 2.39 bits per heavy atom. The largest absolute Gasteiger partial charge is 0.335 e. The number of amides is 2. The number of hydrogen-bond acceptors (Lipinski definition) is 2. The summed E-state index contributed by atoms with van der Waals surface area (Å²) in [4.78, 5) is 14.6. The third kappa shape index (κ3) is 5.82. The summed E-state index contributed by atoms with van der Waals surface area (Å²) in [7, 11) is 0. The van der Waals surface area contributed by atoms with E-state index in [-0.39, 0.29) is 23.9 Å². The number of carbonyl (C=O) groups is 1. The molecule has 1 heterocycles. The molecule has 1 aliphatic rings. The lowest BCUT2D eigenvalue weighted by molar-refractivity contribution is 0.177. The fourth-order valence-corrected chi connectivity index (χ4v) is 3.03. The first-order valence-electron chi connectivity index (χ1n) is 8.49. The minimum absolute atomic E-state index is 0.142. The van der Waals surface area contributed by atoms with Crippen LogP contribution in [0.3, 0.4) is 0 Å². The molecule has 2 N–H and O–H groups in total. The molecule has 2 amide bonds. The molecule has 23 heavy (non-hydrogen) atoms. The monoisotopic (exact) mass is 321 g/mol. The molecule has 1 fully saturated rings. The number of piperidine rings is 1. The number of carbonyl (C=O) groups excluding carboxylic acids is 1. The number of likely N-dealkylation sites (tertiary alicyclic amines) is 1. The van der Waals surface area contributed by atoms with Gasteiger partial charge in [0.25, 0.3) is 0 Å². The number of halogens is 1. The normalized spacial score (nSPS) is 18.0. The first-order valence-corrected chi connectivity index (χ1v) is 8.49. The minimum Gasteiger partial charge on any atom is -0.335 e. The highest BCUT2D eigenvalue weighted by atomic mass is 19.1. The molecule has 1 aliphatic heterocycles. The van der Waals surface area contributed by atoms with Gasteiger partial charge in [0.05, 0.1) is 6.04 Å². The number of nitrogens with one attached hydrogen (secondary N) is 2. The molecule has 2 rings (SSSR count). The van der Waals surface area contributed by atoms with Gasteiger partial charge >= 0.3 is 6.03 Å². The molecular weight excluding hydrogens is 293 g/mol. The van der Waals surface area contributed by atoms with Crippen LogP contribution in [-0.4, -0.2) is 36.6 Å². The third-order valence-electron chi connectivity index (χ3n) is 4.26. The lowest BCUT2D eigenvalue weighted by Gasteiger charge is -2.33. The molecule has 1 atom stereocenters. The molecule has 0 bridgehead atoms. The van der Waals surface area contributed by atoms with Crippen molar-refractivity contribution in [3.63, 3.8) is 0 Å². The van der Waals surface area contributed by atoms with Crippen molar-refractivity contribution in [2.75, 3.05) is 19.6 Å². The van der Waals surface area contributed by atoms with Gasteiger partial charge in [-0.1, -0.05) is 26.0 Å². The van der Waals surface area contributed by atoms with Crippen LogP contribution in [0.4, 0.5) is 9.18 Å². The summed E-state index contributed by atoms with van der Waals surface area (Å²) in [6, 6.07) is 6.17. The molecule has 1 aromatic rings. The number of nitrogens with zero attached hydrogens (tertiary/aromatic N) is 1. The summed E-state index contributed by atoms with van der Waals surface area (Å²) in [5.74, 6) is 0.415. The van der Waals surface area contributed by atoms with Crippen LogP contribution in [0.1, 0.15) is 45.2 Å². The van der Waals surface area contributed by atoms with Gasteiger partial charge in [0.15, 0.2) is 0 Å². The average molecular weight is 321 g/mol. The maximum Gasteiger partial charge on any atom is 0.315 e. The standard InChI is InChI=1S/C18H28FN3O/c1-13(2)12-22-10-8-17(9-11-22)21-18(23)20-14(3)15-4-6-16(19)7-5-15/h4-7,13-14,17H,8-12H2,1-3H3,(H2,20,21,23). The van der Waals surface area contributed by atoms with Crippen molar-refractivity contribution >= 4 is 6.03 Å². The lowest BCUT2D eigenvalue weighted by Crippen LogP contribution is -2.48. The van der Waals surface area contributed by atoms with Gasteiger partial charge in [-0.25, -0.2) is 9.18 Å². The summed E-state index contributed by atoms with van der Waals surface area (Å²) < 4.78 is 12.9. The highest BCUT2D eigenvalue weighted by Crippen LogP contribution is 2.14. The van der Waals surface area contributed by atoms with E-state index in [9.17, 15) is 9.18 Å². The predicted molar refractivity (Wildman–Crippen MR) is 90.8 cm³/mol. The number of hydrogen-bond donors (Lipinski definition) is 2. The van der Waals surface area contributed by atoms with Crippen LogP contribution in [-0.2, 0) is 0 Å². The molecule has 0 aliphatic carbocycles. The van der Waals surface area contributed by atoms with Crippen LogP contribution in [0.5, 0.6) is 0 Å². The predicted octanol–water partition coefficient (Wildman–Crippen LogP) is 3.31. The highest BCUT2D eigenvalue weighted by Gasteiger charge is 2.21. The molecule has 1 unspecified atom stereocenters. The van der Waals surface area contributed by atoms with Crippen molar-refractivity contribution in [2.24, 2.45) is 5.92 Å². The van der Waals surface area contributed by atoms with Crippen LogP contribution in [0.25, 0.3) is 0 Å². The van der Waals surface area contributed by atoms with Gasteiger partial charge in [-0.2, -0.15) is 0 Å². The molecule has 0 aromatic heterocycles. The van der Waals surface area contributed by atoms with Gasteiger partial charge in [0, 0.05) is 25.7 Å². The average Bonchev–Trinajstić information content (AvgIpc) is 2.49. The van der Waals surface area contributed by atoms with Crippen LogP contribution < -0.4 is 10.6 Å².